The summed E-state index contributed by atoms with van der Waals surface area (Å²) in [6.07, 6.45) is 2.38. The third-order valence-corrected chi connectivity index (χ3v) is 3.61. The molecule has 0 unspecified atom stereocenters. The van der Waals surface area contributed by atoms with E-state index in [1.54, 1.807) is 0 Å². The molecule has 2 aromatic rings. The van der Waals surface area contributed by atoms with E-state index in [9.17, 15) is 0 Å². The predicted octanol–water partition coefficient (Wildman–Crippen LogP) is 3.27. The summed E-state index contributed by atoms with van der Waals surface area (Å²) in [6.45, 7) is 2.38. The third kappa shape index (κ3) is 3.18. The van der Waals surface area contributed by atoms with E-state index in [0.717, 1.165) is 13.1 Å². The van der Waals surface area contributed by atoms with Gasteiger partial charge in [-0.15, -0.1) is 0 Å². The van der Waals surface area contributed by atoms with Gasteiger partial charge in [0.15, 0.2) is 0 Å². The first kappa shape index (κ1) is 13.2. The summed E-state index contributed by atoms with van der Waals surface area (Å²) in [6, 6.07) is 16.7. The molecule has 2 aromatic carbocycles. The number of benzene rings is 2. The largest absolute Gasteiger partial charge is 0.385 e. The van der Waals surface area contributed by atoms with Crippen molar-refractivity contribution in [3.05, 3.63) is 65.2 Å². The molecular formula is C17H20N2O. The Morgan fingerprint density at radius 2 is 1.95 bits per heavy atom. The van der Waals surface area contributed by atoms with Gasteiger partial charge >= 0.3 is 0 Å². The van der Waals surface area contributed by atoms with Crippen molar-refractivity contribution in [1.82, 2.24) is 5.48 Å². The van der Waals surface area contributed by atoms with Crippen molar-refractivity contribution in [2.24, 2.45) is 0 Å². The highest BCUT2D eigenvalue weighted by molar-refractivity contribution is 5.59. The van der Waals surface area contributed by atoms with Gasteiger partial charge in [0.05, 0.1) is 6.61 Å². The zero-order valence-corrected chi connectivity index (χ0v) is 11.6. The quantitative estimate of drug-likeness (QED) is 0.645. The zero-order valence-electron chi connectivity index (χ0n) is 11.6. The molecule has 3 heteroatoms. The minimum absolute atomic E-state index is 0.587. The lowest BCUT2D eigenvalue weighted by Crippen LogP contribution is -2.18. The van der Waals surface area contributed by atoms with Crippen LogP contribution < -0.4 is 10.8 Å². The molecule has 2 N–H and O–H groups in total. The van der Waals surface area contributed by atoms with Crippen LogP contribution >= 0.6 is 0 Å². The Morgan fingerprint density at radius 1 is 1.05 bits per heavy atom. The van der Waals surface area contributed by atoms with Gasteiger partial charge in [-0.05, 0) is 29.5 Å². The number of anilines is 1. The molecule has 0 aromatic heterocycles. The number of hydrogen-bond acceptors (Lipinski definition) is 3. The average Bonchev–Trinajstić information content (AvgIpc) is 2.53. The van der Waals surface area contributed by atoms with Gasteiger partial charge in [0, 0.05) is 18.8 Å². The van der Waals surface area contributed by atoms with E-state index in [1.165, 1.54) is 35.2 Å². The number of hydrogen-bond donors (Lipinski definition) is 2. The lowest BCUT2D eigenvalue weighted by molar-refractivity contribution is 0.0236. The number of para-hydroxylation sites is 1. The molecule has 0 saturated carbocycles. The second kappa shape index (κ2) is 6.55. The lowest BCUT2D eigenvalue weighted by Gasteiger charge is -2.21. The molecule has 1 aliphatic rings. The molecule has 0 fully saturated rings. The summed E-state index contributed by atoms with van der Waals surface area (Å²) >= 11 is 0. The second-order valence-electron chi connectivity index (χ2n) is 5.08. The number of nitrogens with one attached hydrogen (secondary N) is 2. The van der Waals surface area contributed by atoms with Crippen LogP contribution in [-0.4, -0.2) is 6.54 Å². The topological polar surface area (TPSA) is 33.3 Å². The fourth-order valence-corrected chi connectivity index (χ4v) is 2.57. The Hall–Kier alpha value is -1.84. The molecule has 0 aliphatic carbocycles. The van der Waals surface area contributed by atoms with E-state index in [2.05, 4.69) is 41.1 Å². The highest BCUT2D eigenvalue weighted by atomic mass is 16.6. The molecule has 20 heavy (non-hydrogen) atoms. The molecule has 104 valence electrons. The Balaban J connectivity index is 1.54. The monoisotopic (exact) mass is 268 g/mol. The fraction of sp³-hybridized carbons (Fsp3) is 0.294. The summed E-state index contributed by atoms with van der Waals surface area (Å²) in [5.41, 5.74) is 8.21. The minimum Gasteiger partial charge on any atom is -0.385 e. The maximum absolute atomic E-state index is 5.54. The molecule has 0 bridgehead atoms. The van der Waals surface area contributed by atoms with Crippen LogP contribution in [0.25, 0.3) is 0 Å². The first-order valence-corrected chi connectivity index (χ1v) is 7.17. The van der Waals surface area contributed by atoms with Crippen LogP contribution in [0.15, 0.2) is 48.5 Å². The zero-order chi connectivity index (χ0) is 13.6. The standard InChI is InChI=1S/C17H20N2O/c1-2-6-14(7-3-1)13-20-19-12-16-9-4-8-15-10-5-11-18-17(15)16/h1-4,6-9,18-19H,5,10-13H2. The van der Waals surface area contributed by atoms with Gasteiger partial charge in [0.1, 0.15) is 0 Å². The lowest BCUT2D eigenvalue weighted by atomic mass is 9.99. The summed E-state index contributed by atoms with van der Waals surface area (Å²) in [4.78, 5) is 5.54. The Kier molecular flexibility index (Phi) is 4.31. The van der Waals surface area contributed by atoms with Crippen LogP contribution in [0.2, 0.25) is 0 Å². The van der Waals surface area contributed by atoms with Crippen LogP contribution in [0.4, 0.5) is 5.69 Å². The van der Waals surface area contributed by atoms with Crippen molar-refractivity contribution in [3.63, 3.8) is 0 Å². The van der Waals surface area contributed by atoms with Crippen molar-refractivity contribution in [1.29, 1.82) is 0 Å². The molecule has 1 aliphatic heterocycles. The predicted molar refractivity (Wildman–Crippen MR) is 81.3 cm³/mol. The van der Waals surface area contributed by atoms with E-state index in [4.69, 9.17) is 4.84 Å². The number of hydroxylamine groups is 1. The summed E-state index contributed by atoms with van der Waals surface area (Å²) in [5, 5.41) is 3.49. The van der Waals surface area contributed by atoms with Gasteiger partial charge in [-0.1, -0.05) is 48.5 Å². The van der Waals surface area contributed by atoms with E-state index in [-0.39, 0.29) is 0 Å². The molecule has 3 rings (SSSR count). The van der Waals surface area contributed by atoms with Crippen molar-refractivity contribution in [2.45, 2.75) is 26.0 Å². The third-order valence-electron chi connectivity index (χ3n) is 3.61. The van der Waals surface area contributed by atoms with Crippen LogP contribution in [0, 0.1) is 0 Å². The maximum Gasteiger partial charge on any atom is 0.0933 e. The van der Waals surface area contributed by atoms with Gasteiger partial charge in [0.25, 0.3) is 0 Å². The molecule has 3 nitrogen and oxygen atoms in total. The summed E-state index contributed by atoms with van der Waals surface area (Å²) < 4.78 is 0. The highest BCUT2D eigenvalue weighted by Crippen LogP contribution is 2.25. The van der Waals surface area contributed by atoms with Crippen molar-refractivity contribution in [3.8, 4) is 0 Å². The highest BCUT2D eigenvalue weighted by Gasteiger charge is 2.11. The van der Waals surface area contributed by atoms with E-state index in [0.29, 0.717) is 6.61 Å². The molecule has 0 atom stereocenters. The Bertz CT molecular complexity index is 554. The first-order chi connectivity index (χ1) is 9.93. The smallest absolute Gasteiger partial charge is 0.0933 e. The molecule has 0 saturated heterocycles. The molecule has 0 spiro atoms. The molecule has 0 amide bonds. The van der Waals surface area contributed by atoms with E-state index in [1.807, 2.05) is 18.2 Å². The number of aryl methyl sites for hydroxylation is 1. The summed E-state index contributed by atoms with van der Waals surface area (Å²) in [7, 11) is 0. The van der Waals surface area contributed by atoms with Crippen molar-refractivity contribution >= 4 is 5.69 Å². The summed E-state index contributed by atoms with van der Waals surface area (Å²) in [5.74, 6) is 0. The van der Waals surface area contributed by atoms with Crippen molar-refractivity contribution < 1.29 is 4.84 Å². The first-order valence-electron chi connectivity index (χ1n) is 7.17. The van der Waals surface area contributed by atoms with E-state index >= 15 is 0 Å². The minimum atomic E-state index is 0.587. The average molecular weight is 268 g/mol. The molecular weight excluding hydrogens is 248 g/mol. The van der Waals surface area contributed by atoms with Gasteiger partial charge in [-0.25, -0.2) is 0 Å². The maximum atomic E-state index is 5.54. The Labute approximate surface area is 119 Å². The number of rotatable bonds is 5. The van der Waals surface area contributed by atoms with E-state index < -0.39 is 0 Å². The van der Waals surface area contributed by atoms with Crippen molar-refractivity contribution in [2.75, 3.05) is 11.9 Å². The van der Waals surface area contributed by atoms with Crippen LogP contribution in [0.3, 0.4) is 0 Å². The molecule has 0 radical (unpaired) electrons. The van der Waals surface area contributed by atoms with Gasteiger partial charge in [-0.3, -0.25) is 4.84 Å². The second-order valence-corrected chi connectivity index (χ2v) is 5.08. The van der Waals surface area contributed by atoms with Gasteiger partial charge < -0.3 is 5.32 Å². The van der Waals surface area contributed by atoms with Gasteiger partial charge in [-0.2, -0.15) is 5.48 Å². The SMILES string of the molecule is c1ccc(CONCc2cccc3c2NCCC3)cc1. The Morgan fingerprint density at radius 3 is 2.85 bits per heavy atom. The fourth-order valence-electron chi connectivity index (χ4n) is 2.57. The van der Waals surface area contributed by atoms with Gasteiger partial charge in [0.2, 0.25) is 0 Å². The number of fused-ring (bicyclic) bond motifs is 1. The van der Waals surface area contributed by atoms with Crippen LogP contribution in [-0.2, 0) is 24.4 Å². The van der Waals surface area contributed by atoms with Crippen LogP contribution in [0.5, 0.6) is 0 Å². The van der Waals surface area contributed by atoms with Crippen LogP contribution in [0.1, 0.15) is 23.1 Å². The normalized spacial score (nSPS) is 13.6. The molecule has 1 heterocycles.